The predicted octanol–water partition coefficient (Wildman–Crippen LogP) is 5.24. The molecule has 0 fully saturated rings. The van der Waals surface area contributed by atoms with Crippen molar-refractivity contribution in [2.75, 3.05) is 11.9 Å². The first-order valence-corrected chi connectivity index (χ1v) is 10.2. The highest BCUT2D eigenvalue weighted by molar-refractivity contribution is 6.09. The molecule has 0 aliphatic carbocycles. The van der Waals surface area contributed by atoms with E-state index < -0.39 is 0 Å². The molecule has 0 spiro atoms. The minimum absolute atomic E-state index is 0.177. The maximum atomic E-state index is 13.1. The Kier molecular flexibility index (Phi) is 5.80. The molecular formula is C25H25N3O2. The molecule has 0 aliphatic rings. The van der Waals surface area contributed by atoms with E-state index in [1.54, 1.807) is 0 Å². The summed E-state index contributed by atoms with van der Waals surface area (Å²) in [7, 11) is 0. The summed E-state index contributed by atoms with van der Waals surface area (Å²) in [5.41, 5.74) is 3.46. The van der Waals surface area contributed by atoms with Crippen LogP contribution in [0, 0.1) is 6.92 Å². The van der Waals surface area contributed by atoms with Gasteiger partial charge in [-0.25, -0.2) is 0 Å². The molecule has 4 rings (SSSR count). The molecule has 152 valence electrons. The molecule has 0 radical (unpaired) electrons. The van der Waals surface area contributed by atoms with Crippen molar-refractivity contribution in [3.8, 4) is 5.75 Å². The first kappa shape index (κ1) is 19.7. The molecule has 1 heterocycles. The van der Waals surface area contributed by atoms with Crippen LogP contribution in [0.2, 0.25) is 0 Å². The van der Waals surface area contributed by atoms with Crippen molar-refractivity contribution in [3.63, 3.8) is 0 Å². The highest BCUT2D eigenvalue weighted by Gasteiger charge is 2.15. The molecule has 0 atom stereocenters. The molecule has 1 N–H and O–H groups in total. The van der Waals surface area contributed by atoms with Crippen LogP contribution in [0.1, 0.15) is 28.4 Å². The number of carbonyl (C=O) groups excluding carboxylic acids is 1. The number of amides is 1. The fourth-order valence-corrected chi connectivity index (χ4v) is 3.41. The van der Waals surface area contributed by atoms with E-state index in [1.165, 1.54) is 0 Å². The van der Waals surface area contributed by atoms with Crippen LogP contribution < -0.4 is 10.1 Å². The number of benzene rings is 3. The molecule has 0 saturated carbocycles. The fraction of sp³-hybridized carbons (Fsp3) is 0.200. The van der Waals surface area contributed by atoms with Gasteiger partial charge in [0.2, 0.25) is 0 Å². The van der Waals surface area contributed by atoms with Gasteiger partial charge in [0.05, 0.1) is 18.4 Å². The minimum atomic E-state index is -0.177. The van der Waals surface area contributed by atoms with E-state index in [0.717, 1.165) is 40.6 Å². The van der Waals surface area contributed by atoms with Gasteiger partial charge >= 0.3 is 0 Å². The molecular weight excluding hydrogens is 374 g/mol. The number of aromatic nitrogens is 2. The van der Waals surface area contributed by atoms with Crippen molar-refractivity contribution in [1.82, 2.24) is 9.78 Å². The predicted molar refractivity (Wildman–Crippen MR) is 120 cm³/mol. The van der Waals surface area contributed by atoms with Crippen molar-refractivity contribution in [2.24, 2.45) is 0 Å². The number of carbonyl (C=O) groups is 1. The third-order valence-corrected chi connectivity index (χ3v) is 5.14. The lowest BCUT2D eigenvalue weighted by Gasteiger charge is -2.14. The van der Waals surface area contributed by atoms with E-state index in [0.29, 0.717) is 17.9 Å². The second kappa shape index (κ2) is 8.82. The number of anilines is 1. The number of ether oxygens (including phenoxy) is 1. The third kappa shape index (κ3) is 4.35. The Morgan fingerprint density at radius 2 is 1.80 bits per heavy atom. The van der Waals surface area contributed by atoms with Gasteiger partial charge in [0.25, 0.3) is 5.91 Å². The zero-order valence-electron chi connectivity index (χ0n) is 17.3. The average Bonchev–Trinajstić information content (AvgIpc) is 3.23. The number of aryl methyl sites for hydroxylation is 2. The largest absolute Gasteiger partial charge is 0.492 e. The number of nitrogens with one attached hydrogen (secondary N) is 1. The number of nitrogens with zero attached hydrogens (tertiary/aromatic N) is 2. The summed E-state index contributed by atoms with van der Waals surface area (Å²) in [6.45, 7) is 5.35. The lowest BCUT2D eigenvalue weighted by molar-refractivity contribution is 0.102. The van der Waals surface area contributed by atoms with Gasteiger partial charge in [-0.1, -0.05) is 42.5 Å². The van der Waals surface area contributed by atoms with Crippen LogP contribution in [0.5, 0.6) is 5.75 Å². The first-order chi connectivity index (χ1) is 14.6. The number of hydrogen-bond donors (Lipinski definition) is 1. The number of hydrogen-bond acceptors (Lipinski definition) is 3. The summed E-state index contributed by atoms with van der Waals surface area (Å²) in [5, 5.41) is 9.36. The molecule has 0 saturated heterocycles. The summed E-state index contributed by atoms with van der Waals surface area (Å²) < 4.78 is 7.98. The van der Waals surface area contributed by atoms with Gasteiger partial charge in [-0.2, -0.15) is 5.10 Å². The summed E-state index contributed by atoms with van der Waals surface area (Å²) in [4.78, 5) is 13.1. The van der Waals surface area contributed by atoms with Gasteiger partial charge in [0, 0.05) is 24.8 Å². The van der Waals surface area contributed by atoms with E-state index in [1.807, 2.05) is 84.7 Å². The van der Waals surface area contributed by atoms with E-state index >= 15 is 0 Å². The Balaban J connectivity index is 1.58. The first-order valence-electron chi connectivity index (χ1n) is 10.2. The maximum absolute atomic E-state index is 13.1. The molecule has 1 aromatic heterocycles. The number of fused-ring (bicyclic) bond motifs is 1. The Hall–Kier alpha value is -3.60. The van der Waals surface area contributed by atoms with Gasteiger partial charge in [0.15, 0.2) is 0 Å². The smallest absolute Gasteiger partial charge is 0.259 e. The van der Waals surface area contributed by atoms with Crippen molar-refractivity contribution in [1.29, 1.82) is 0 Å². The third-order valence-electron chi connectivity index (χ3n) is 5.14. The Labute approximate surface area is 176 Å². The van der Waals surface area contributed by atoms with Crippen molar-refractivity contribution in [2.45, 2.75) is 26.8 Å². The lowest BCUT2D eigenvalue weighted by Crippen LogP contribution is -2.15. The second-order valence-corrected chi connectivity index (χ2v) is 7.27. The maximum Gasteiger partial charge on any atom is 0.259 e. The molecule has 30 heavy (non-hydrogen) atoms. The van der Waals surface area contributed by atoms with Crippen LogP contribution in [-0.2, 0) is 13.0 Å². The Morgan fingerprint density at radius 1 is 1.07 bits per heavy atom. The quantitative estimate of drug-likeness (QED) is 0.462. The molecule has 4 aromatic rings. The highest BCUT2D eigenvalue weighted by atomic mass is 16.5. The highest BCUT2D eigenvalue weighted by Crippen LogP contribution is 2.28. The van der Waals surface area contributed by atoms with Crippen LogP contribution in [0.3, 0.4) is 0 Å². The molecule has 5 nitrogen and oxygen atoms in total. The van der Waals surface area contributed by atoms with Crippen LogP contribution >= 0.6 is 0 Å². The van der Waals surface area contributed by atoms with E-state index in [4.69, 9.17) is 4.74 Å². The van der Waals surface area contributed by atoms with Crippen LogP contribution in [0.25, 0.3) is 10.8 Å². The summed E-state index contributed by atoms with van der Waals surface area (Å²) >= 11 is 0. The van der Waals surface area contributed by atoms with Crippen molar-refractivity contribution < 1.29 is 9.53 Å². The minimum Gasteiger partial charge on any atom is -0.492 e. The zero-order chi connectivity index (χ0) is 20.9. The Bertz CT molecular complexity index is 1180. The topological polar surface area (TPSA) is 56.1 Å². The van der Waals surface area contributed by atoms with Crippen LogP contribution in [-0.4, -0.2) is 22.3 Å². The van der Waals surface area contributed by atoms with Crippen LogP contribution in [0.4, 0.5) is 5.69 Å². The van der Waals surface area contributed by atoms with E-state index in [-0.39, 0.29) is 5.91 Å². The lowest BCUT2D eigenvalue weighted by atomic mass is 10.0. The van der Waals surface area contributed by atoms with Gasteiger partial charge in [-0.3, -0.25) is 9.48 Å². The SMILES string of the molecule is CCn1cc(CCOc2cc3ccccc3cc2C(=O)Nc2ccccc2C)cn1. The number of rotatable bonds is 7. The van der Waals surface area contributed by atoms with Crippen molar-refractivity contribution >= 4 is 22.4 Å². The number of para-hydroxylation sites is 1. The zero-order valence-corrected chi connectivity index (χ0v) is 17.3. The second-order valence-electron chi connectivity index (χ2n) is 7.27. The molecule has 1 amide bonds. The fourth-order valence-electron chi connectivity index (χ4n) is 3.41. The summed E-state index contributed by atoms with van der Waals surface area (Å²) in [6, 6.07) is 19.6. The van der Waals surface area contributed by atoms with Crippen LogP contribution in [0.15, 0.2) is 73.1 Å². The van der Waals surface area contributed by atoms with Gasteiger partial charge in [0.1, 0.15) is 5.75 Å². The van der Waals surface area contributed by atoms with Gasteiger partial charge in [-0.05, 0) is 53.9 Å². The van der Waals surface area contributed by atoms with E-state index in [2.05, 4.69) is 17.3 Å². The molecule has 0 unspecified atom stereocenters. The molecule has 5 heteroatoms. The molecule has 0 aliphatic heterocycles. The van der Waals surface area contributed by atoms with Gasteiger partial charge in [-0.15, -0.1) is 0 Å². The summed E-state index contributed by atoms with van der Waals surface area (Å²) in [5.74, 6) is 0.409. The van der Waals surface area contributed by atoms with Gasteiger partial charge < -0.3 is 10.1 Å². The normalized spacial score (nSPS) is 10.9. The van der Waals surface area contributed by atoms with E-state index in [9.17, 15) is 4.79 Å². The standard InChI is InChI=1S/C25H25N3O2/c1-3-28-17-19(16-26-28)12-13-30-24-15-21-10-6-5-9-20(21)14-22(24)25(29)27-23-11-7-4-8-18(23)2/h4-11,14-17H,3,12-13H2,1-2H3,(H,27,29). The molecule has 3 aromatic carbocycles. The summed E-state index contributed by atoms with van der Waals surface area (Å²) in [6.07, 6.45) is 4.61. The van der Waals surface area contributed by atoms with Crippen molar-refractivity contribution in [3.05, 3.63) is 89.7 Å². The Morgan fingerprint density at radius 3 is 2.53 bits per heavy atom. The monoisotopic (exact) mass is 399 g/mol. The molecule has 0 bridgehead atoms. The average molecular weight is 399 g/mol.